The highest BCUT2D eigenvalue weighted by atomic mass is 32.1. The lowest BCUT2D eigenvalue weighted by atomic mass is 9.96. The van der Waals surface area contributed by atoms with Crippen molar-refractivity contribution in [3.05, 3.63) is 181 Å². The summed E-state index contributed by atoms with van der Waals surface area (Å²) in [6.07, 6.45) is 5.72. The average molecular weight is 669 g/mol. The Morgan fingerprint density at radius 1 is 0.451 bits per heavy atom. The fourth-order valence-electron chi connectivity index (χ4n) is 8.57. The molecule has 3 heterocycles. The normalized spacial score (nSPS) is 14.3. The van der Waals surface area contributed by atoms with Gasteiger partial charge in [-0.3, -0.25) is 0 Å². The van der Waals surface area contributed by atoms with Crippen LogP contribution in [-0.4, -0.2) is 9.13 Å². The number of thiophene rings is 1. The summed E-state index contributed by atoms with van der Waals surface area (Å²) in [6.45, 7) is 0. The summed E-state index contributed by atoms with van der Waals surface area (Å²) in [7, 11) is 0. The van der Waals surface area contributed by atoms with Gasteiger partial charge in [-0.05, 0) is 94.9 Å². The second-order valence-corrected chi connectivity index (χ2v) is 14.8. The third-order valence-electron chi connectivity index (χ3n) is 10.9. The van der Waals surface area contributed by atoms with E-state index in [9.17, 15) is 0 Å². The highest BCUT2D eigenvalue weighted by Crippen LogP contribution is 2.41. The van der Waals surface area contributed by atoms with Crippen molar-refractivity contribution in [2.24, 2.45) is 0 Å². The van der Waals surface area contributed by atoms with Crippen molar-refractivity contribution in [2.45, 2.75) is 12.5 Å². The minimum atomic E-state index is 0.224. The largest absolute Gasteiger partial charge is 0.333 e. The van der Waals surface area contributed by atoms with Crippen LogP contribution >= 0.6 is 11.3 Å². The molecule has 3 aromatic heterocycles. The molecule has 1 aliphatic carbocycles. The summed E-state index contributed by atoms with van der Waals surface area (Å²) in [6, 6.07) is 60.5. The van der Waals surface area contributed by atoms with Gasteiger partial charge in [0, 0.05) is 58.7 Å². The molecular formula is C48H32N2S. The van der Waals surface area contributed by atoms with Gasteiger partial charge < -0.3 is 9.13 Å². The summed E-state index contributed by atoms with van der Waals surface area (Å²) < 4.78 is 7.68. The minimum Gasteiger partial charge on any atom is -0.333 e. The van der Waals surface area contributed by atoms with E-state index in [-0.39, 0.29) is 6.04 Å². The van der Waals surface area contributed by atoms with Gasteiger partial charge in [-0.2, -0.15) is 0 Å². The molecule has 0 saturated heterocycles. The van der Waals surface area contributed by atoms with Crippen LogP contribution in [0, 0.1) is 0 Å². The summed E-state index contributed by atoms with van der Waals surface area (Å²) in [5.74, 6) is 0. The van der Waals surface area contributed by atoms with E-state index in [2.05, 4.69) is 185 Å². The molecule has 1 atom stereocenters. The molecule has 1 unspecified atom stereocenters. The highest BCUT2D eigenvalue weighted by Gasteiger charge is 2.25. The molecule has 240 valence electrons. The topological polar surface area (TPSA) is 9.86 Å². The molecular weight excluding hydrogens is 637 g/mol. The monoisotopic (exact) mass is 668 g/mol. The number of aromatic nitrogens is 2. The van der Waals surface area contributed by atoms with Crippen LogP contribution in [0.5, 0.6) is 0 Å². The van der Waals surface area contributed by atoms with E-state index in [1.165, 1.54) is 92.1 Å². The van der Waals surface area contributed by atoms with Gasteiger partial charge in [-0.15, -0.1) is 11.3 Å². The van der Waals surface area contributed by atoms with Gasteiger partial charge in [0.15, 0.2) is 0 Å². The zero-order valence-electron chi connectivity index (χ0n) is 27.8. The predicted octanol–water partition coefficient (Wildman–Crippen LogP) is 13.3. The molecule has 0 N–H and O–H groups in total. The quantitative estimate of drug-likeness (QED) is 0.177. The molecule has 0 fully saturated rings. The van der Waals surface area contributed by atoms with Crippen LogP contribution in [0.15, 0.2) is 170 Å². The Labute approximate surface area is 299 Å². The number of benzene rings is 7. The van der Waals surface area contributed by atoms with Gasteiger partial charge in [0.1, 0.15) is 0 Å². The van der Waals surface area contributed by atoms with Crippen molar-refractivity contribution < 1.29 is 0 Å². The fourth-order valence-corrected chi connectivity index (χ4v) is 9.66. The maximum absolute atomic E-state index is 2.54. The first-order valence-electron chi connectivity index (χ1n) is 17.7. The van der Waals surface area contributed by atoms with Crippen LogP contribution in [0.4, 0.5) is 0 Å². The number of para-hydroxylation sites is 3. The minimum absolute atomic E-state index is 0.224. The van der Waals surface area contributed by atoms with Crippen LogP contribution < -0.4 is 0 Å². The van der Waals surface area contributed by atoms with E-state index in [0.29, 0.717) is 0 Å². The van der Waals surface area contributed by atoms with E-state index in [0.717, 1.165) is 6.42 Å². The lowest BCUT2D eigenvalue weighted by Crippen LogP contribution is -2.13. The Morgan fingerprint density at radius 3 is 1.80 bits per heavy atom. The first kappa shape index (κ1) is 28.7. The predicted molar refractivity (Wildman–Crippen MR) is 218 cm³/mol. The first-order valence-corrected chi connectivity index (χ1v) is 18.5. The number of fused-ring (bicyclic) bond motifs is 9. The molecule has 0 radical (unpaired) electrons. The Morgan fingerprint density at radius 2 is 1.04 bits per heavy atom. The lowest BCUT2D eigenvalue weighted by molar-refractivity contribution is 0.636. The van der Waals surface area contributed by atoms with E-state index in [4.69, 9.17) is 0 Å². The number of hydrogen-bond acceptors (Lipinski definition) is 1. The van der Waals surface area contributed by atoms with Gasteiger partial charge >= 0.3 is 0 Å². The van der Waals surface area contributed by atoms with Crippen LogP contribution in [0.2, 0.25) is 0 Å². The number of hydrogen-bond donors (Lipinski definition) is 0. The summed E-state index contributed by atoms with van der Waals surface area (Å²) in [4.78, 5) is 0. The molecule has 1 aliphatic rings. The van der Waals surface area contributed by atoms with Gasteiger partial charge in [-0.1, -0.05) is 115 Å². The zero-order chi connectivity index (χ0) is 33.5. The zero-order valence-corrected chi connectivity index (χ0v) is 28.6. The van der Waals surface area contributed by atoms with Crippen molar-refractivity contribution in [2.75, 3.05) is 0 Å². The Kier molecular flexibility index (Phi) is 6.28. The second kappa shape index (κ2) is 11.2. The van der Waals surface area contributed by atoms with Gasteiger partial charge in [0.2, 0.25) is 0 Å². The van der Waals surface area contributed by atoms with Crippen LogP contribution in [-0.2, 0) is 6.42 Å². The molecule has 0 spiro atoms. The second-order valence-electron chi connectivity index (χ2n) is 13.7. The SMILES string of the molecule is C1=CC(n2c3ccccc3c3ccccc32)Cc2c1n(-c1cccc(-c3cccc(-c4ccc5sc6ccccc6c5c4)c3)c1)c1ccccc21. The maximum Gasteiger partial charge on any atom is 0.0567 e. The van der Waals surface area contributed by atoms with Crippen molar-refractivity contribution in [3.8, 4) is 27.9 Å². The van der Waals surface area contributed by atoms with E-state index >= 15 is 0 Å². The Balaban J connectivity index is 1.00. The van der Waals surface area contributed by atoms with Crippen LogP contribution in [0.25, 0.3) is 86.9 Å². The van der Waals surface area contributed by atoms with E-state index < -0.39 is 0 Å². The van der Waals surface area contributed by atoms with Crippen molar-refractivity contribution >= 4 is 70.3 Å². The average Bonchev–Trinajstić information content (AvgIpc) is 3.85. The first-order chi connectivity index (χ1) is 25.3. The third kappa shape index (κ3) is 4.42. The van der Waals surface area contributed by atoms with Crippen LogP contribution in [0.3, 0.4) is 0 Å². The molecule has 51 heavy (non-hydrogen) atoms. The Bertz CT molecular complexity index is 2970. The number of nitrogens with zero attached hydrogens (tertiary/aromatic N) is 2. The molecule has 3 heteroatoms. The number of allylic oxidation sites excluding steroid dienone is 1. The van der Waals surface area contributed by atoms with Crippen molar-refractivity contribution in [3.63, 3.8) is 0 Å². The molecule has 7 aromatic carbocycles. The number of rotatable bonds is 4. The maximum atomic E-state index is 2.54. The van der Waals surface area contributed by atoms with Gasteiger partial charge in [-0.25, -0.2) is 0 Å². The molecule has 11 rings (SSSR count). The van der Waals surface area contributed by atoms with Gasteiger partial charge in [0.25, 0.3) is 0 Å². The van der Waals surface area contributed by atoms with E-state index in [1.807, 2.05) is 11.3 Å². The summed E-state index contributed by atoms with van der Waals surface area (Å²) in [5, 5.41) is 6.62. The molecule has 0 bridgehead atoms. The third-order valence-corrected chi connectivity index (χ3v) is 12.0. The van der Waals surface area contributed by atoms with Crippen molar-refractivity contribution in [1.82, 2.24) is 9.13 Å². The standard InChI is InChI=1S/C48H32N2S/c1-5-19-43-37(15-1)38-16-2-6-20-44(38)50(43)36-24-25-46-41(30-36)39-17-3-7-21-45(39)49(46)35-14-10-13-33(28-35)31-11-9-12-32(27-31)34-23-26-48-42(29-34)40-18-4-8-22-47(40)51-48/h1-29,36H,30H2. The smallest absolute Gasteiger partial charge is 0.0567 e. The fraction of sp³-hybridized carbons (Fsp3) is 0.0417. The molecule has 10 aromatic rings. The summed E-state index contributed by atoms with van der Waals surface area (Å²) in [5.41, 5.74) is 12.6. The lowest BCUT2D eigenvalue weighted by Gasteiger charge is -2.23. The van der Waals surface area contributed by atoms with Crippen molar-refractivity contribution in [1.29, 1.82) is 0 Å². The molecule has 0 aliphatic heterocycles. The molecule has 2 nitrogen and oxygen atoms in total. The van der Waals surface area contributed by atoms with Gasteiger partial charge in [0.05, 0.1) is 11.6 Å². The van der Waals surface area contributed by atoms with E-state index in [1.54, 1.807) is 0 Å². The van der Waals surface area contributed by atoms with Crippen LogP contribution in [0.1, 0.15) is 17.3 Å². The summed E-state index contributed by atoms with van der Waals surface area (Å²) >= 11 is 1.87. The molecule has 0 amide bonds. The Hall–Kier alpha value is -6.16. The molecule has 0 saturated carbocycles. The highest BCUT2D eigenvalue weighted by molar-refractivity contribution is 7.25.